The van der Waals surface area contributed by atoms with Gasteiger partial charge in [0.05, 0.1) is 26.0 Å². The van der Waals surface area contributed by atoms with E-state index in [1.54, 1.807) is 35.1 Å². The number of methoxy groups -OCH3 is 1. The Labute approximate surface area is 238 Å². The summed E-state index contributed by atoms with van der Waals surface area (Å²) in [5.74, 6) is 0.505. The maximum atomic E-state index is 14.3. The van der Waals surface area contributed by atoms with E-state index in [4.69, 9.17) is 9.47 Å². The molecule has 1 saturated heterocycles. The van der Waals surface area contributed by atoms with Gasteiger partial charge in [-0.2, -0.15) is 0 Å². The van der Waals surface area contributed by atoms with Crippen molar-refractivity contribution >= 4 is 22.7 Å². The Morgan fingerprint density at radius 2 is 1.83 bits per heavy atom. The normalized spacial score (nSPS) is 20.2. The molecule has 1 N–H and O–H groups in total. The highest BCUT2D eigenvalue weighted by Crippen LogP contribution is 2.49. The molecule has 212 valence electrons. The predicted octanol–water partition coefficient (Wildman–Crippen LogP) is 5.38. The summed E-state index contributed by atoms with van der Waals surface area (Å²) in [5, 5.41) is 1.02. The zero-order chi connectivity index (χ0) is 28.7. The van der Waals surface area contributed by atoms with Gasteiger partial charge < -0.3 is 24.3 Å². The Balaban J connectivity index is 1.42. The molecule has 7 nitrogen and oxygen atoms in total. The number of nitrogens with one attached hydrogen (secondary N) is 1. The third-order valence-electron chi connectivity index (χ3n) is 8.48. The standard InChI is InChI=1S/C33H34FN3O4/c1-4-17-41-27-14-13-22(18-28(27)40-3)24-19-37-29(38)20-36(16-15-21-9-5-7-11-25(21)34)32(39)33(37,2)31-30(24)23-10-6-8-12-26(23)35-31/h5-14,18,24,35H,4,15-17,19-20H2,1-3H3/t24-,33-/m0/s1. The molecule has 3 aromatic carbocycles. The molecule has 2 aliphatic rings. The van der Waals surface area contributed by atoms with E-state index in [1.165, 1.54) is 6.07 Å². The van der Waals surface area contributed by atoms with Crippen LogP contribution in [0.2, 0.25) is 0 Å². The number of nitrogens with zero attached hydrogens (tertiary/aromatic N) is 2. The van der Waals surface area contributed by atoms with Gasteiger partial charge >= 0.3 is 0 Å². The number of ether oxygens (including phenoxy) is 2. The zero-order valence-electron chi connectivity index (χ0n) is 23.6. The van der Waals surface area contributed by atoms with Crippen molar-refractivity contribution in [3.63, 3.8) is 0 Å². The number of hydrogen-bond donors (Lipinski definition) is 1. The van der Waals surface area contributed by atoms with Crippen LogP contribution in [0, 0.1) is 5.82 Å². The average molecular weight is 556 g/mol. The molecule has 3 heterocycles. The number of halogens is 1. The fourth-order valence-electron chi connectivity index (χ4n) is 6.34. The van der Waals surface area contributed by atoms with Crippen molar-refractivity contribution in [1.29, 1.82) is 0 Å². The molecule has 1 aromatic heterocycles. The molecular weight excluding hydrogens is 521 g/mol. The number of carbonyl (C=O) groups excluding carboxylic acids is 2. The van der Waals surface area contributed by atoms with Crippen molar-refractivity contribution in [2.75, 3.05) is 33.4 Å². The van der Waals surface area contributed by atoms with Crippen LogP contribution in [0.15, 0.2) is 66.7 Å². The molecule has 0 bridgehead atoms. The molecule has 1 fully saturated rings. The summed E-state index contributed by atoms with van der Waals surface area (Å²) in [4.78, 5) is 34.8. The molecule has 2 amide bonds. The van der Waals surface area contributed by atoms with Crippen LogP contribution in [0.5, 0.6) is 11.5 Å². The zero-order valence-corrected chi connectivity index (χ0v) is 23.6. The number of fused-ring (bicyclic) bond motifs is 5. The Hall–Kier alpha value is -4.33. The van der Waals surface area contributed by atoms with Gasteiger partial charge in [0.2, 0.25) is 5.91 Å². The third-order valence-corrected chi connectivity index (χ3v) is 8.48. The molecular formula is C33H34FN3O4. The number of para-hydroxylation sites is 1. The highest BCUT2D eigenvalue weighted by Gasteiger charge is 2.56. The number of H-pyrrole nitrogens is 1. The second-order valence-corrected chi connectivity index (χ2v) is 10.9. The molecule has 0 aliphatic carbocycles. The van der Waals surface area contributed by atoms with Crippen LogP contribution >= 0.6 is 0 Å². The minimum Gasteiger partial charge on any atom is -0.493 e. The van der Waals surface area contributed by atoms with Crippen molar-refractivity contribution in [3.8, 4) is 11.5 Å². The smallest absolute Gasteiger partial charge is 0.254 e. The van der Waals surface area contributed by atoms with E-state index in [2.05, 4.69) is 18.0 Å². The molecule has 8 heteroatoms. The monoisotopic (exact) mass is 555 g/mol. The van der Waals surface area contributed by atoms with Crippen LogP contribution in [0.4, 0.5) is 4.39 Å². The maximum absolute atomic E-state index is 14.3. The molecule has 0 radical (unpaired) electrons. The largest absolute Gasteiger partial charge is 0.493 e. The summed E-state index contributed by atoms with van der Waals surface area (Å²) in [5.41, 5.74) is 2.90. The molecule has 6 rings (SSSR count). The van der Waals surface area contributed by atoms with Gasteiger partial charge in [0.15, 0.2) is 17.0 Å². The number of aromatic nitrogens is 1. The first-order valence-corrected chi connectivity index (χ1v) is 14.1. The van der Waals surface area contributed by atoms with Crippen LogP contribution < -0.4 is 9.47 Å². The number of carbonyl (C=O) groups is 2. The molecule has 41 heavy (non-hydrogen) atoms. The van der Waals surface area contributed by atoms with Gasteiger partial charge in [-0.25, -0.2) is 4.39 Å². The lowest BCUT2D eigenvalue weighted by Gasteiger charge is -2.51. The van der Waals surface area contributed by atoms with Crippen molar-refractivity contribution in [2.24, 2.45) is 0 Å². The van der Waals surface area contributed by atoms with Crippen molar-refractivity contribution < 1.29 is 23.5 Å². The molecule has 0 spiro atoms. The highest BCUT2D eigenvalue weighted by molar-refractivity contribution is 6.01. The minimum atomic E-state index is -1.22. The van der Waals surface area contributed by atoms with Crippen LogP contribution in [0.3, 0.4) is 0 Å². The van der Waals surface area contributed by atoms with Crippen LogP contribution in [0.1, 0.15) is 48.6 Å². The van der Waals surface area contributed by atoms with Gasteiger partial charge in [0.25, 0.3) is 5.91 Å². The third kappa shape index (κ3) is 4.42. The highest BCUT2D eigenvalue weighted by atomic mass is 19.1. The van der Waals surface area contributed by atoms with Crippen molar-refractivity contribution in [1.82, 2.24) is 14.8 Å². The molecule has 0 saturated carbocycles. The number of rotatable bonds is 8. The van der Waals surface area contributed by atoms with E-state index in [-0.39, 0.29) is 36.6 Å². The van der Waals surface area contributed by atoms with E-state index in [1.807, 2.05) is 43.3 Å². The van der Waals surface area contributed by atoms with Gasteiger partial charge in [-0.15, -0.1) is 0 Å². The fourth-order valence-corrected chi connectivity index (χ4v) is 6.34. The summed E-state index contributed by atoms with van der Waals surface area (Å²) in [7, 11) is 1.62. The summed E-state index contributed by atoms with van der Waals surface area (Å²) in [6, 6.07) is 20.4. The molecule has 4 aromatic rings. The lowest BCUT2D eigenvalue weighted by molar-refractivity contribution is -0.166. The number of benzene rings is 3. The Morgan fingerprint density at radius 1 is 1.05 bits per heavy atom. The van der Waals surface area contributed by atoms with E-state index < -0.39 is 5.54 Å². The van der Waals surface area contributed by atoms with E-state index in [0.717, 1.165) is 28.5 Å². The maximum Gasteiger partial charge on any atom is 0.254 e. The number of aromatic amines is 1. The SMILES string of the molecule is CCCOc1ccc([C@@H]2CN3C(=O)CN(CCc4ccccc4F)C(=O)[C@]3(C)c3[nH]c4ccccc4c32)cc1OC. The van der Waals surface area contributed by atoms with E-state index in [9.17, 15) is 14.0 Å². The van der Waals surface area contributed by atoms with Crippen molar-refractivity contribution in [2.45, 2.75) is 38.1 Å². The molecule has 2 aliphatic heterocycles. The van der Waals surface area contributed by atoms with Gasteiger partial charge in [0.1, 0.15) is 5.82 Å². The summed E-state index contributed by atoms with van der Waals surface area (Å²) >= 11 is 0. The van der Waals surface area contributed by atoms with Gasteiger partial charge in [0, 0.05) is 29.9 Å². The summed E-state index contributed by atoms with van der Waals surface area (Å²) < 4.78 is 25.9. The number of piperazine rings is 1. The predicted molar refractivity (Wildman–Crippen MR) is 155 cm³/mol. The first-order chi connectivity index (χ1) is 19.9. The quantitative estimate of drug-likeness (QED) is 0.317. The number of amides is 2. The first-order valence-electron chi connectivity index (χ1n) is 14.1. The van der Waals surface area contributed by atoms with Gasteiger partial charge in [-0.1, -0.05) is 49.4 Å². The van der Waals surface area contributed by atoms with Gasteiger partial charge in [-0.05, 0) is 60.7 Å². The average Bonchev–Trinajstić information content (AvgIpc) is 3.39. The Bertz CT molecular complexity index is 1630. The van der Waals surface area contributed by atoms with Crippen LogP contribution in [-0.2, 0) is 21.5 Å². The number of hydrogen-bond acceptors (Lipinski definition) is 4. The Morgan fingerprint density at radius 3 is 2.61 bits per heavy atom. The van der Waals surface area contributed by atoms with Crippen molar-refractivity contribution in [3.05, 3.63) is 94.9 Å². The lowest BCUT2D eigenvalue weighted by Crippen LogP contribution is -2.67. The van der Waals surface area contributed by atoms with E-state index >= 15 is 0 Å². The Kier molecular flexibility index (Phi) is 6.93. The molecule has 2 atom stereocenters. The summed E-state index contributed by atoms with van der Waals surface area (Å²) in [6.07, 6.45) is 1.21. The van der Waals surface area contributed by atoms with E-state index in [0.29, 0.717) is 42.3 Å². The minimum absolute atomic E-state index is 0.0434. The van der Waals surface area contributed by atoms with Crippen LogP contribution in [0.25, 0.3) is 10.9 Å². The lowest BCUT2D eigenvalue weighted by atomic mass is 9.76. The van der Waals surface area contributed by atoms with Crippen LogP contribution in [-0.4, -0.2) is 59.9 Å². The first kappa shape index (κ1) is 26.9. The second kappa shape index (κ2) is 10.6. The van der Waals surface area contributed by atoms with Gasteiger partial charge in [-0.3, -0.25) is 9.59 Å². The summed E-state index contributed by atoms with van der Waals surface area (Å²) in [6.45, 7) is 5.02. The fraction of sp³-hybridized carbons (Fsp3) is 0.333. The molecule has 0 unspecified atom stereocenters. The topological polar surface area (TPSA) is 74.9 Å². The second-order valence-electron chi connectivity index (χ2n) is 10.9.